The van der Waals surface area contributed by atoms with E-state index in [0.717, 1.165) is 45.8 Å². The summed E-state index contributed by atoms with van der Waals surface area (Å²) in [4.78, 5) is 2.46. The van der Waals surface area contributed by atoms with Gasteiger partial charge in [0.15, 0.2) is 0 Å². The van der Waals surface area contributed by atoms with Crippen LogP contribution in [0.4, 0.5) is 5.69 Å². The first-order valence-electron chi connectivity index (χ1n) is 6.93. The fourth-order valence-corrected chi connectivity index (χ4v) is 2.44. The summed E-state index contributed by atoms with van der Waals surface area (Å²) in [5.74, 6) is 0. The largest absolute Gasteiger partial charge is 0.383 e. The molecule has 0 bridgehead atoms. The van der Waals surface area contributed by atoms with Crippen LogP contribution < -0.4 is 5.32 Å². The summed E-state index contributed by atoms with van der Waals surface area (Å²) >= 11 is 0. The third-order valence-corrected chi connectivity index (χ3v) is 3.57. The lowest BCUT2D eigenvalue weighted by Gasteiger charge is -2.27. The normalized spacial score (nSPS) is 16.8. The van der Waals surface area contributed by atoms with E-state index in [-0.39, 0.29) is 0 Å². The van der Waals surface area contributed by atoms with Gasteiger partial charge in [0.1, 0.15) is 0 Å². The Labute approximate surface area is 110 Å². The zero-order valence-corrected chi connectivity index (χ0v) is 11.5. The van der Waals surface area contributed by atoms with E-state index >= 15 is 0 Å². The lowest BCUT2D eigenvalue weighted by Crippen LogP contribution is -2.39. The maximum atomic E-state index is 5.36. The highest BCUT2D eigenvalue weighted by Gasteiger charge is 2.10. The second-order valence-electron chi connectivity index (χ2n) is 4.84. The van der Waals surface area contributed by atoms with Gasteiger partial charge >= 0.3 is 0 Å². The molecule has 0 aromatic heterocycles. The van der Waals surface area contributed by atoms with E-state index in [1.807, 2.05) is 0 Å². The molecule has 0 atom stereocenters. The highest BCUT2D eigenvalue weighted by Crippen LogP contribution is 2.20. The van der Waals surface area contributed by atoms with Crippen LogP contribution in [0.5, 0.6) is 0 Å². The molecule has 1 aromatic carbocycles. The highest BCUT2D eigenvalue weighted by molar-refractivity contribution is 5.57. The van der Waals surface area contributed by atoms with E-state index in [0.29, 0.717) is 0 Å². The molecular formula is C15H24N2O. The second-order valence-corrected chi connectivity index (χ2v) is 4.84. The first-order chi connectivity index (χ1) is 8.81. The third kappa shape index (κ3) is 3.47. The van der Waals surface area contributed by atoms with Crippen LogP contribution >= 0.6 is 0 Å². The molecule has 1 aliphatic rings. The molecule has 1 saturated heterocycles. The van der Waals surface area contributed by atoms with Gasteiger partial charge in [-0.25, -0.2) is 0 Å². The highest BCUT2D eigenvalue weighted by atomic mass is 16.5. The number of benzene rings is 1. The van der Waals surface area contributed by atoms with Crippen molar-refractivity contribution in [2.45, 2.75) is 20.3 Å². The minimum Gasteiger partial charge on any atom is -0.383 e. The molecular weight excluding hydrogens is 224 g/mol. The van der Waals surface area contributed by atoms with Crippen molar-refractivity contribution in [2.75, 3.05) is 44.7 Å². The lowest BCUT2D eigenvalue weighted by atomic mass is 10.1. The van der Waals surface area contributed by atoms with E-state index in [1.165, 1.54) is 16.8 Å². The van der Waals surface area contributed by atoms with Gasteiger partial charge < -0.3 is 10.1 Å². The Morgan fingerprint density at radius 2 is 2.06 bits per heavy atom. The monoisotopic (exact) mass is 248 g/mol. The third-order valence-electron chi connectivity index (χ3n) is 3.57. The molecule has 0 amide bonds. The molecule has 1 heterocycles. The minimum atomic E-state index is 0.880. The fourth-order valence-electron chi connectivity index (χ4n) is 2.44. The van der Waals surface area contributed by atoms with Crippen molar-refractivity contribution in [3.05, 3.63) is 29.3 Å². The van der Waals surface area contributed by atoms with Gasteiger partial charge in [-0.15, -0.1) is 0 Å². The summed E-state index contributed by atoms with van der Waals surface area (Å²) in [5.41, 5.74) is 4.08. The van der Waals surface area contributed by atoms with Crippen molar-refractivity contribution in [3.8, 4) is 0 Å². The van der Waals surface area contributed by atoms with Crippen LogP contribution in [-0.4, -0.2) is 44.3 Å². The topological polar surface area (TPSA) is 24.5 Å². The van der Waals surface area contributed by atoms with Crippen LogP contribution in [0.3, 0.4) is 0 Å². The first kappa shape index (κ1) is 13.4. The van der Waals surface area contributed by atoms with Crippen LogP contribution in [0, 0.1) is 6.92 Å². The van der Waals surface area contributed by atoms with Crippen LogP contribution in [0.1, 0.15) is 18.1 Å². The number of aryl methyl sites for hydroxylation is 2. The number of morpholine rings is 1. The average Bonchev–Trinajstić information content (AvgIpc) is 2.41. The van der Waals surface area contributed by atoms with Gasteiger partial charge in [0.2, 0.25) is 0 Å². The van der Waals surface area contributed by atoms with E-state index < -0.39 is 0 Å². The average molecular weight is 248 g/mol. The number of ether oxygens (including phenoxy) is 1. The second kappa shape index (κ2) is 6.76. The van der Waals surface area contributed by atoms with Crippen LogP contribution in [0.25, 0.3) is 0 Å². The molecule has 3 nitrogen and oxygen atoms in total. The number of hydrogen-bond donors (Lipinski definition) is 1. The van der Waals surface area contributed by atoms with Gasteiger partial charge in [-0.3, -0.25) is 4.90 Å². The molecule has 0 saturated carbocycles. The summed E-state index contributed by atoms with van der Waals surface area (Å²) in [6.07, 6.45) is 1.08. The number of rotatable bonds is 5. The quantitative estimate of drug-likeness (QED) is 0.865. The molecule has 0 spiro atoms. The lowest BCUT2D eigenvalue weighted by molar-refractivity contribution is 0.0398. The summed E-state index contributed by atoms with van der Waals surface area (Å²) < 4.78 is 5.36. The zero-order valence-electron chi connectivity index (χ0n) is 11.5. The number of para-hydroxylation sites is 1. The van der Waals surface area contributed by atoms with Crippen molar-refractivity contribution >= 4 is 5.69 Å². The maximum absolute atomic E-state index is 5.36. The molecule has 3 heteroatoms. The predicted octanol–water partition coefficient (Wildman–Crippen LogP) is 2.30. The Bertz CT molecular complexity index is 373. The van der Waals surface area contributed by atoms with Crippen molar-refractivity contribution in [1.29, 1.82) is 0 Å². The Morgan fingerprint density at radius 1 is 1.28 bits per heavy atom. The Balaban J connectivity index is 1.85. The smallest absolute Gasteiger partial charge is 0.0594 e. The van der Waals surface area contributed by atoms with E-state index in [4.69, 9.17) is 4.74 Å². The Hall–Kier alpha value is -1.06. The molecule has 0 radical (unpaired) electrons. The van der Waals surface area contributed by atoms with Crippen molar-refractivity contribution in [2.24, 2.45) is 0 Å². The molecule has 1 fully saturated rings. The van der Waals surface area contributed by atoms with Crippen LogP contribution in [0.15, 0.2) is 18.2 Å². The Morgan fingerprint density at radius 3 is 2.78 bits per heavy atom. The summed E-state index contributed by atoms with van der Waals surface area (Å²) in [5, 5.41) is 3.60. The number of nitrogens with zero attached hydrogens (tertiary/aromatic N) is 1. The van der Waals surface area contributed by atoms with E-state index in [9.17, 15) is 0 Å². The van der Waals surface area contributed by atoms with Gasteiger partial charge in [0.25, 0.3) is 0 Å². The van der Waals surface area contributed by atoms with Crippen molar-refractivity contribution < 1.29 is 4.74 Å². The van der Waals surface area contributed by atoms with Gasteiger partial charge in [0.05, 0.1) is 13.2 Å². The van der Waals surface area contributed by atoms with Gasteiger partial charge in [0, 0.05) is 31.9 Å². The van der Waals surface area contributed by atoms with Crippen molar-refractivity contribution in [3.63, 3.8) is 0 Å². The summed E-state index contributed by atoms with van der Waals surface area (Å²) in [7, 11) is 0. The molecule has 100 valence electrons. The van der Waals surface area contributed by atoms with Gasteiger partial charge in [-0.1, -0.05) is 25.1 Å². The standard InChI is InChI=1S/C15H24N2O/c1-3-14-6-4-5-13(2)15(14)16-7-8-17-9-11-18-12-10-17/h4-6,16H,3,7-12H2,1-2H3. The fraction of sp³-hybridized carbons (Fsp3) is 0.600. The van der Waals surface area contributed by atoms with E-state index in [1.54, 1.807) is 0 Å². The number of anilines is 1. The van der Waals surface area contributed by atoms with E-state index in [2.05, 4.69) is 42.3 Å². The zero-order chi connectivity index (χ0) is 12.8. The maximum Gasteiger partial charge on any atom is 0.0594 e. The van der Waals surface area contributed by atoms with Gasteiger partial charge in [-0.05, 0) is 24.5 Å². The Kier molecular flexibility index (Phi) is 5.02. The van der Waals surface area contributed by atoms with Crippen LogP contribution in [-0.2, 0) is 11.2 Å². The molecule has 1 aromatic rings. The molecule has 2 rings (SSSR count). The first-order valence-corrected chi connectivity index (χ1v) is 6.93. The summed E-state index contributed by atoms with van der Waals surface area (Å²) in [6, 6.07) is 6.53. The number of nitrogens with one attached hydrogen (secondary N) is 1. The minimum absolute atomic E-state index is 0.880. The van der Waals surface area contributed by atoms with Crippen LogP contribution in [0.2, 0.25) is 0 Å². The molecule has 0 unspecified atom stereocenters. The number of hydrogen-bond acceptors (Lipinski definition) is 3. The molecule has 1 N–H and O–H groups in total. The summed E-state index contributed by atoms with van der Waals surface area (Å²) in [6.45, 7) is 10.4. The molecule has 0 aliphatic carbocycles. The predicted molar refractivity (Wildman–Crippen MR) is 76.3 cm³/mol. The van der Waals surface area contributed by atoms with Gasteiger partial charge in [-0.2, -0.15) is 0 Å². The molecule has 1 aliphatic heterocycles. The van der Waals surface area contributed by atoms with Crippen molar-refractivity contribution in [1.82, 2.24) is 4.90 Å². The molecule has 18 heavy (non-hydrogen) atoms. The SMILES string of the molecule is CCc1cccc(C)c1NCCN1CCOCC1.